The Balaban J connectivity index is 2.16. The second-order valence-electron chi connectivity index (χ2n) is 6.87. The number of aliphatic hydroxyl groups is 1. The smallest absolute Gasteiger partial charge is 0.310 e. The van der Waals surface area contributed by atoms with Crippen LogP contribution in [-0.4, -0.2) is 24.8 Å². The largest absolute Gasteiger partial charge is 0.491 e. The lowest BCUT2D eigenvalue weighted by molar-refractivity contribution is -0.147. The van der Waals surface area contributed by atoms with Crippen LogP contribution in [0.3, 0.4) is 0 Å². The van der Waals surface area contributed by atoms with Crippen LogP contribution in [0.5, 0.6) is 5.75 Å². The van der Waals surface area contributed by atoms with Gasteiger partial charge in [0.15, 0.2) is 17.4 Å². The molecule has 2 atom stereocenters. The van der Waals surface area contributed by atoms with Crippen LogP contribution >= 0.6 is 0 Å². The number of methoxy groups -OCH3 is 1. The van der Waals surface area contributed by atoms with E-state index in [1.165, 1.54) is 0 Å². The fraction of sp³-hybridized carbons (Fsp3) is 0.500. The lowest BCUT2D eigenvalue weighted by Gasteiger charge is -2.11. The quantitative estimate of drug-likeness (QED) is 0.357. The molecule has 1 aliphatic carbocycles. The Morgan fingerprint density at radius 3 is 2.15 bits per heavy atom. The molecule has 2 rings (SSSR count). The number of carbonyl (C=O) groups is 1. The van der Waals surface area contributed by atoms with Crippen molar-refractivity contribution in [3.8, 4) is 5.75 Å². The highest BCUT2D eigenvalue weighted by molar-refractivity contribution is 5.78. The summed E-state index contributed by atoms with van der Waals surface area (Å²) in [5.74, 6) is -9.43. The van der Waals surface area contributed by atoms with Gasteiger partial charge in [0.1, 0.15) is 6.61 Å². The average Bonchev–Trinajstić information content (AvgIpc) is 3.13. The number of rotatable bonds is 6. The van der Waals surface area contributed by atoms with Gasteiger partial charge in [0.25, 0.3) is 0 Å². The van der Waals surface area contributed by atoms with Crippen molar-refractivity contribution in [2.75, 3.05) is 13.7 Å². The summed E-state index contributed by atoms with van der Waals surface area (Å²) in [6.45, 7) is 4.20. The van der Waals surface area contributed by atoms with Gasteiger partial charge in [-0.25, -0.2) is 8.78 Å². The number of hydrogen-bond donors (Lipinski definition) is 1. The maximum Gasteiger partial charge on any atom is 0.310 e. The minimum absolute atomic E-state index is 0.158. The Kier molecular flexibility index (Phi) is 5.65. The summed E-state index contributed by atoms with van der Waals surface area (Å²) in [6, 6.07) is 0. The second-order valence-corrected chi connectivity index (χ2v) is 6.87. The number of esters is 1. The van der Waals surface area contributed by atoms with Crippen molar-refractivity contribution in [3.05, 3.63) is 40.5 Å². The fourth-order valence-corrected chi connectivity index (χ4v) is 2.99. The van der Waals surface area contributed by atoms with Gasteiger partial charge in [0.05, 0.1) is 25.2 Å². The zero-order chi connectivity index (χ0) is 19.8. The van der Waals surface area contributed by atoms with E-state index in [0.717, 1.165) is 7.11 Å². The Hall–Kier alpha value is -2.09. The number of benzene rings is 1. The Labute approximate surface area is 148 Å². The molecule has 2 unspecified atom stereocenters. The predicted molar refractivity (Wildman–Crippen MR) is 84.2 cm³/mol. The summed E-state index contributed by atoms with van der Waals surface area (Å²) in [7, 11) is 0.872. The van der Waals surface area contributed by atoms with Crippen LogP contribution in [0, 0.1) is 40.5 Å². The summed E-state index contributed by atoms with van der Waals surface area (Å²) < 4.78 is 64.4. The molecule has 144 valence electrons. The molecule has 0 aliphatic heterocycles. The molecule has 8 heteroatoms. The van der Waals surface area contributed by atoms with Gasteiger partial charge < -0.3 is 14.6 Å². The standard InChI is InChI=1S/C18H20F4O4/c1-8(6-23)5-10-11(18(10,2)3)17(24)26-7-9-12(19)14(21)16(25-4)15(22)13(9)20/h5,10-11,23H,6-7H2,1-4H3/b8-5+. The van der Waals surface area contributed by atoms with Gasteiger partial charge >= 0.3 is 5.97 Å². The Bertz CT molecular complexity index is 729. The van der Waals surface area contributed by atoms with Crippen LogP contribution in [0.1, 0.15) is 26.3 Å². The SMILES string of the molecule is COc1c(F)c(F)c(COC(=O)C2C(/C=C(\C)CO)C2(C)C)c(F)c1F. The summed E-state index contributed by atoms with van der Waals surface area (Å²) in [6.07, 6.45) is 1.74. The zero-order valence-electron chi connectivity index (χ0n) is 14.8. The van der Waals surface area contributed by atoms with Crippen LogP contribution in [0.4, 0.5) is 17.6 Å². The molecule has 1 aromatic carbocycles. The van der Waals surface area contributed by atoms with E-state index in [9.17, 15) is 22.4 Å². The molecule has 0 spiro atoms. The summed E-state index contributed by atoms with van der Waals surface area (Å²) >= 11 is 0. The first kappa shape index (κ1) is 20.2. The highest BCUT2D eigenvalue weighted by Crippen LogP contribution is 2.59. The van der Waals surface area contributed by atoms with E-state index >= 15 is 0 Å². The minimum atomic E-state index is -1.69. The lowest BCUT2D eigenvalue weighted by Crippen LogP contribution is -2.14. The molecule has 0 saturated heterocycles. The van der Waals surface area contributed by atoms with Gasteiger partial charge in [0, 0.05) is 0 Å². The molecular weight excluding hydrogens is 356 g/mol. The normalized spacial score (nSPS) is 21.5. The highest BCUT2D eigenvalue weighted by Gasteiger charge is 2.61. The minimum Gasteiger partial charge on any atom is -0.491 e. The molecule has 26 heavy (non-hydrogen) atoms. The third kappa shape index (κ3) is 3.42. The van der Waals surface area contributed by atoms with E-state index in [1.54, 1.807) is 26.8 Å². The molecule has 1 aliphatic rings. The summed E-state index contributed by atoms with van der Waals surface area (Å²) in [5, 5.41) is 9.07. The number of aliphatic hydroxyl groups excluding tert-OH is 1. The molecular formula is C18H20F4O4. The molecule has 0 amide bonds. The van der Waals surface area contributed by atoms with Crippen molar-refractivity contribution in [1.29, 1.82) is 0 Å². The van der Waals surface area contributed by atoms with Crippen molar-refractivity contribution < 1.29 is 36.9 Å². The number of halogens is 4. The molecule has 4 nitrogen and oxygen atoms in total. The first-order valence-electron chi connectivity index (χ1n) is 7.91. The topological polar surface area (TPSA) is 55.8 Å². The Morgan fingerprint density at radius 2 is 1.69 bits per heavy atom. The Morgan fingerprint density at radius 1 is 1.15 bits per heavy atom. The van der Waals surface area contributed by atoms with Gasteiger partial charge in [-0.3, -0.25) is 4.79 Å². The highest BCUT2D eigenvalue weighted by atomic mass is 19.2. The first-order valence-corrected chi connectivity index (χ1v) is 7.91. The van der Waals surface area contributed by atoms with E-state index in [-0.39, 0.29) is 12.5 Å². The summed E-state index contributed by atoms with van der Waals surface area (Å²) in [5.41, 5.74) is -0.804. The van der Waals surface area contributed by atoms with Crippen LogP contribution in [-0.2, 0) is 16.1 Å². The molecule has 0 aromatic heterocycles. The molecule has 0 bridgehead atoms. The van der Waals surface area contributed by atoms with Crippen molar-refractivity contribution in [3.63, 3.8) is 0 Å². The lowest BCUT2D eigenvalue weighted by atomic mass is 10.1. The van der Waals surface area contributed by atoms with Gasteiger partial charge in [0.2, 0.25) is 11.6 Å². The van der Waals surface area contributed by atoms with Crippen molar-refractivity contribution in [2.45, 2.75) is 27.4 Å². The van der Waals surface area contributed by atoms with Gasteiger partial charge in [-0.1, -0.05) is 25.5 Å². The second kappa shape index (κ2) is 7.26. The molecule has 1 fully saturated rings. The van der Waals surface area contributed by atoms with Crippen LogP contribution in [0.15, 0.2) is 11.6 Å². The number of ether oxygens (including phenoxy) is 2. The molecule has 1 N–H and O–H groups in total. The maximum absolute atomic E-state index is 13.9. The van der Waals surface area contributed by atoms with E-state index in [1.807, 2.05) is 0 Å². The summed E-state index contributed by atoms with van der Waals surface area (Å²) in [4.78, 5) is 12.2. The molecule has 1 saturated carbocycles. The van der Waals surface area contributed by atoms with Gasteiger partial charge in [-0.15, -0.1) is 0 Å². The average molecular weight is 376 g/mol. The van der Waals surface area contributed by atoms with E-state index in [2.05, 4.69) is 4.74 Å². The molecule has 0 radical (unpaired) electrons. The third-order valence-corrected chi connectivity index (χ3v) is 4.75. The molecule has 1 aromatic rings. The van der Waals surface area contributed by atoms with E-state index in [4.69, 9.17) is 9.84 Å². The monoisotopic (exact) mass is 376 g/mol. The van der Waals surface area contributed by atoms with Crippen molar-refractivity contribution in [2.24, 2.45) is 17.3 Å². The van der Waals surface area contributed by atoms with Gasteiger partial charge in [-0.05, 0) is 18.3 Å². The number of allylic oxidation sites excluding steroid dienone is 1. The van der Waals surface area contributed by atoms with Crippen molar-refractivity contribution in [1.82, 2.24) is 0 Å². The maximum atomic E-state index is 13.9. The van der Waals surface area contributed by atoms with E-state index < -0.39 is 58.5 Å². The first-order chi connectivity index (χ1) is 12.1. The van der Waals surface area contributed by atoms with E-state index in [0.29, 0.717) is 5.57 Å². The predicted octanol–water partition coefficient (Wildman–Crippen LogP) is 3.51. The van der Waals surface area contributed by atoms with Crippen LogP contribution < -0.4 is 4.74 Å². The third-order valence-electron chi connectivity index (χ3n) is 4.75. The molecule has 0 heterocycles. The van der Waals surface area contributed by atoms with Gasteiger partial charge in [-0.2, -0.15) is 8.78 Å². The van der Waals surface area contributed by atoms with Crippen molar-refractivity contribution >= 4 is 5.97 Å². The number of carbonyl (C=O) groups excluding carboxylic acids is 1. The van der Waals surface area contributed by atoms with Crippen LogP contribution in [0.25, 0.3) is 0 Å². The zero-order valence-corrected chi connectivity index (χ0v) is 14.8. The fourth-order valence-electron chi connectivity index (χ4n) is 2.99. The number of hydrogen-bond acceptors (Lipinski definition) is 4. The van der Waals surface area contributed by atoms with Crippen LogP contribution in [0.2, 0.25) is 0 Å².